The molecule has 0 saturated carbocycles. The molecule has 1 aliphatic heterocycles. The van der Waals surface area contributed by atoms with Crippen LogP contribution < -0.4 is 0 Å². The molecule has 0 aromatic heterocycles. The second-order valence-electron chi connectivity index (χ2n) is 5.71. The van der Waals surface area contributed by atoms with Gasteiger partial charge in [-0.2, -0.15) is 0 Å². The van der Waals surface area contributed by atoms with Crippen molar-refractivity contribution in [2.45, 2.75) is 33.4 Å². The molecule has 3 atom stereocenters. The van der Waals surface area contributed by atoms with Crippen LogP contribution in [0.25, 0.3) is 0 Å². The Morgan fingerprint density at radius 3 is 2.32 bits per heavy atom. The van der Waals surface area contributed by atoms with Crippen LogP contribution in [-0.4, -0.2) is 30.1 Å². The molecule has 19 heavy (non-hydrogen) atoms. The fourth-order valence-corrected chi connectivity index (χ4v) is 3.05. The van der Waals surface area contributed by atoms with Crippen LogP contribution in [0, 0.1) is 11.8 Å². The quantitative estimate of drug-likeness (QED) is 0.784. The first-order valence-electron chi connectivity index (χ1n) is 6.99. The largest absolute Gasteiger partial charge is 0.462 e. The third-order valence-corrected chi connectivity index (χ3v) is 3.77. The summed E-state index contributed by atoms with van der Waals surface area (Å²) in [6.07, 6.45) is 0.0597. The van der Waals surface area contributed by atoms with Gasteiger partial charge in [0.25, 0.3) is 0 Å². The van der Waals surface area contributed by atoms with E-state index in [2.05, 4.69) is 43.0 Å². The van der Waals surface area contributed by atoms with Crippen molar-refractivity contribution in [1.29, 1.82) is 0 Å². The van der Waals surface area contributed by atoms with Gasteiger partial charge in [-0.3, -0.25) is 9.69 Å². The van der Waals surface area contributed by atoms with E-state index in [9.17, 15) is 4.79 Å². The molecule has 1 aromatic rings. The minimum Gasteiger partial charge on any atom is -0.462 e. The molecule has 1 aliphatic rings. The van der Waals surface area contributed by atoms with Gasteiger partial charge >= 0.3 is 5.97 Å². The monoisotopic (exact) mass is 261 g/mol. The fourth-order valence-electron chi connectivity index (χ4n) is 3.05. The van der Waals surface area contributed by atoms with Gasteiger partial charge in [-0.1, -0.05) is 44.2 Å². The number of rotatable bonds is 3. The first kappa shape index (κ1) is 14.1. The molecule has 1 aromatic carbocycles. The predicted octanol–water partition coefficient (Wildman–Crippen LogP) is 2.71. The summed E-state index contributed by atoms with van der Waals surface area (Å²) in [6.45, 7) is 8.77. The van der Waals surface area contributed by atoms with Crippen molar-refractivity contribution in [1.82, 2.24) is 4.90 Å². The molecule has 2 rings (SSSR count). The van der Waals surface area contributed by atoms with Gasteiger partial charge in [-0.15, -0.1) is 0 Å². The van der Waals surface area contributed by atoms with Crippen molar-refractivity contribution in [3.63, 3.8) is 0 Å². The highest BCUT2D eigenvalue weighted by Gasteiger charge is 2.33. The van der Waals surface area contributed by atoms with E-state index < -0.39 is 0 Å². The van der Waals surface area contributed by atoms with Gasteiger partial charge in [0.1, 0.15) is 6.10 Å². The molecule has 0 bridgehead atoms. The first-order chi connectivity index (χ1) is 9.06. The highest BCUT2D eigenvalue weighted by Crippen LogP contribution is 2.26. The Balaban J connectivity index is 1.95. The number of likely N-dealkylation sites (tertiary alicyclic amines) is 1. The second-order valence-corrected chi connectivity index (χ2v) is 5.71. The average molecular weight is 261 g/mol. The van der Waals surface area contributed by atoms with E-state index in [-0.39, 0.29) is 12.1 Å². The van der Waals surface area contributed by atoms with Crippen LogP contribution in [0.5, 0.6) is 0 Å². The summed E-state index contributed by atoms with van der Waals surface area (Å²) in [7, 11) is 0. The van der Waals surface area contributed by atoms with E-state index in [0.717, 1.165) is 19.6 Å². The number of ether oxygens (including phenoxy) is 1. The predicted molar refractivity (Wildman–Crippen MR) is 75.6 cm³/mol. The first-order valence-corrected chi connectivity index (χ1v) is 6.99. The van der Waals surface area contributed by atoms with Crippen molar-refractivity contribution in [3.05, 3.63) is 35.9 Å². The Morgan fingerprint density at radius 1 is 1.21 bits per heavy atom. The van der Waals surface area contributed by atoms with E-state index in [0.29, 0.717) is 11.8 Å². The van der Waals surface area contributed by atoms with E-state index >= 15 is 0 Å². The SMILES string of the molecule is CC(=O)O[C@@H]1[C@H](C)CN(Cc2ccccc2)C[C@@H]1C. The number of carbonyl (C=O) groups excluding carboxylic acids is 1. The Morgan fingerprint density at radius 2 is 1.79 bits per heavy atom. The second kappa shape index (κ2) is 6.20. The van der Waals surface area contributed by atoms with Crippen molar-refractivity contribution < 1.29 is 9.53 Å². The molecule has 3 heteroatoms. The molecule has 0 spiro atoms. The number of esters is 1. The van der Waals surface area contributed by atoms with Gasteiger partial charge in [0.15, 0.2) is 0 Å². The zero-order valence-electron chi connectivity index (χ0n) is 12.0. The Bertz CT molecular complexity index is 406. The fraction of sp³-hybridized carbons (Fsp3) is 0.562. The molecular weight excluding hydrogens is 238 g/mol. The summed E-state index contributed by atoms with van der Waals surface area (Å²) in [5.74, 6) is 0.605. The van der Waals surface area contributed by atoms with Gasteiger partial charge in [0.05, 0.1) is 0 Å². The number of piperidine rings is 1. The van der Waals surface area contributed by atoms with Gasteiger partial charge in [-0.05, 0) is 5.56 Å². The van der Waals surface area contributed by atoms with Crippen LogP contribution in [0.2, 0.25) is 0 Å². The van der Waals surface area contributed by atoms with Crippen LogP contribution in [0.3, 0.4) is 0 Å². The van der Waals surface area contributed by atoms with Crippen LogP contribution in [-0.2, 0) is 16.1 Å². The third kappa shape index (κ3) is 3.80. The number of hydrogen-bond acceptors (Lipinski definition) is 3. The molecule has 1 saturated heterocycles. The Hall–Kier alpha value is -1.35. The van der Waals surface area contributed by atoms with Gasteiger partial charge in [0.2, 0.25) is 0 Å². The Kier molecular flexibility index (Phi) is 4.59. The van der Waals surface area contributed by atoms with Crippen molar-refractivity contribution in [2.24, 2.45) is 11.8 Å². The van der Waals surface area contributed by atoms with E-state index in [1.165, 1.54) is 12.5 Å². The lowest BCUT2D eigenvalue weighted by atomic mass is 9.88. The van der Waals surface area contributed by atoms with Crippen LogP contribution in [0.1, 0.15) is 26.3 Å². The lowest BCUT2D eigenvalue weighted by Gasteiger charge is -2.40. The maximum atomic E-state index is 11.1. The molecule has 104 valence electrons. The number of nitrogens with zero attached hydrogens (tertiary/aromatic N) is 1. The standard InChI is InChI=1S/C16H23NO2/c1-12-9-17(11-15-7-5-4-6-8-15)10-13(2)16(12)19-14(3)18/h4-8,12-13,16H,9-11H2,1-3H3/t12-,13+,16-. The summed E-state index contributed by atoms with van der Waals surface area (Å²) in [6, 6.07) is 10.5. The van der Waals surface area contributed by atoms with Crippen molar-refractivity contribution in [3.8, 4) is 0 Å². The maximum Gasteiger partial charge on any atom is 0.302 e. The van der Waals surface area contributed by atoms with Gasteiger partial charge in [-0.25, -0.2) is 0 Å². The molecular formula is C16H23NO2. The zero-order chi connectivity index (χ0) is 13.8. The number of carbonyl (C=O) groups is 1. The molecule has 3 nitrogen and oxygen atoms in total. The van der Waals surface area contributed by atoms with E-state index in [4.69, 9.17) is 4.74 Å². The number of benzene rings is 1. The van der Waals surface area contributed by atoms with E-state index in [1.54, 1.807) is 0 Å². The summed E-state index contributed by atoms with van der Waals surface area (Å²) < 4.78 is 5.45. The average Bonchev–Trinajstić information content (AvgIpc) is 2.35. The van der Waals surface area contributed by atoms with Gasteiger partial charge < -0.3 is 4.74 Å². The molecule has 1 fully saturated rings. The topological polar surface area (TPSA) is 29.5 Å². The highest BCUT2D eigenvalue weighted by molar-refractivity contribution is 5.66. The molecule has 0 unspecified atom stereocenters. The van der Waals surface area contributed by atoms with Crippen LogP contribution in [0.15, 0.2) is 30.3 Å². The van der Waals surface area contributed by atoms with Crippen molar-refractivity contribution >= 4 is 5.97 Å². The van der Waals surface area contributed by atoms with Gasteiger partial charge in [0, 0.05) is 38.4 Å². The highest BCUT2D eigenvalue weighted by atomic mass is 16.5. The molecule has 1 heterocycles. The summed E-state index contributed by atoms with van der Waals surface area (Å²) in [4.78, 5) is 13.6. The molecule has 0 radical (unpaired) electrons. The van der Waals surface area contributed by atoms with Crippen LogP contribution in [0.4, 0.5) is 0 Å². The lowest BCUT2D eigenvalue weighted by Crippen LogP contribution is -2.48. The van der Waals surface area contributed by atoms with Crippen molar-refractivity contribution in [2.75, 3.05) is 13.1 Å². The molecule has 0 amide bonds. The molecule has 0 N–H and O–H groups in total. The smallest absolute Gasteiger partial charge is 0.302 e. The minimum absolute atomic E-state index is 0.0597. The van der Waals surface area contributed by atoms with Crippen LogP contribution >= 0.6 is 0 Å². The summed E-state index contributed by atoms with van der Waals surface area (Å²) in [5.41, 5.74) is 1.34. The lowest BCUT2D eigenvalue weighted by molar-refractivity contribution is -0.156. The maximum absolute atomic E-state index is 11.1. The molecule has 0 aliphatic carbocycles. The summed E-state index contributed by atoms with van der Waals surface area (Å²) in [5, 5.41) is 0. The Labute approximate surface area is 115 Å². The third-order valence-electron chi connectivity index (χ3n) is 3.77. The zero-order valence-corrected chi connectivity index (χ0v) is 12.0. The summed E-state index contributed by atoms with van der Waals surface area (Å²) >= 11 is 0. The van der Waals surface area contributed by atoms with E-state index in [1.807, 2.05) is 6.07 Å². The normalized spacial score (nSPS) is 28.1. The minimum atomic E-state index is -0.166. The number of hydrogen-bond donors (Lipinski definition) is 0.